The standard InChI is InChI=1S/C10H10BrNO2/c1-10(14-2)7-5-6(11)3-4-8(7)12-9(10)13/h3-5H,1-2H3,(H,12,13). The number of benzene rings is 1. The first-order valence-corrected chi connectivity index (χ1v) is 5.04. The van der Waals surface area contributed by atoms with Crippen LogP contribution < -0.4 is 5.32 Å². The summed E-state index contributed by atoms with van der Waals surface area (Å²) in [4.78, 5) is 11.6. The first-order chi connectivity index (χ1) is 6.58. The number of hydrogen-bond donors (Lipinski definition) is 1. The maximum Gasteiger partial charge on any atom is 0.261 e. The maximum absolute atomic E-state index is 11.6. The highest BCUT2D eigenvalue weighted by molar-refractivity contribution is 9.10. The van der Waals surface area contributed by atoms with E-state index < -0.39 is 5.60 Å². The molecule has 3 nitrogen and oxygen atoms in total. The average molecular weight is 256 g/mol. The molecule has 1 aromatic rings. The Morgan fingerprint density at radius 1 is 1.50 bits per heavy atom. The Kier molecular flexibility index (Phi) is 2.12. The number of carbonyl (C=O) groups is 1. The van der Waals surface area contributed by atoms with E-state index in [9.17, 15) is 4.79 Å². The molecule has 2 rings (SSSR count). The van der Waals surface area contributed by atoms with Gasteiger partial charge in [0.15, 0.2) is 5.60 Å². The van der Waals surface area contributed by atoms with Crippen LogP contribution in [0.2, 0.25) is 0 Å². The van der Waals surface area contributed by atoms with Gasteiger partial charge in [0, 0.05) is 22.8 Å². The van der Waals surface area contributed by atoms with Crippen molar-refractivity contribution in [1.82, 2.24) is 0 Å². The lowest BCUT2D eigenvalue weighted by molar-refractivity contribution is -0.135. The number of fused-ring (bicyclic) bond motifs is 1. The molecule has 0 spiro atoms. The summed E-state index contributed by atoms with van der Waals surface area (Å²) in [5, 5.41) is 2.78. The van der Waals surface area contributed by atoms with Crippen molar-refractivity contribution in [3.63, 3.8) is 0 Å². The molecule has 1 aliphatic heterocycles. The van der Waals surface area contributed by atoms with Crippen LogP contribution in [0.4, 0.5) is 5.69 Å². The third-order valence-electron chi connectivity index (χ3n) is 2.59. The van der Waals surface area contributed by atoms with Crippen molar-refractivity contribution >= 4 is 27.5 Å². The summed E-state index contributed by atoms with van der Waals surface area (Å²) in [5.74, 6) is -0.117. The highest BCUT2D eigenvalue weighted by Gasteiger charge is 2.42. The first kappa shape index (κ1) is 9.68. The van der Waals surface area contributed by atoms with Gasteiger partial charge < -0.3 is 10.1 Å². The molecule has 0 bridgehead atoms. The summed E-state index contributed by atoms with van der Waals surface area (Å²) in [6, 6.07) is 5.65. The summed E-state index contributed by atoms with van der Waals surface area (Å²) in [5.41, 5.74) is 0.834. The Morgan fingerprint density at radius 3 is 2.86 bits per heavy atom. The van der Waals surface area contributed by atoms with Gasteiger partial charge in [-0.05, 0) is 25.1 Å². The van der Waals surface area contributed by atoms with E-state index in [1.54, 1.807) is 6.92 Å². The minimum atomic E-state index is -0.862. The highest BCUT2D eigenvalue weighted by atomic mass is 79.9. The van der Waals surface area contributed by atoms with Gasteiger partial charge in [0.05, 0.1) is 0 Å². The fraction of sp³-hybridized carbons (Fsp3) is 0.300. The van der Waals surface area contributed by atoms with E-state index in [0.29, 0.717) is 0 Å². The number of rotatable bonds is 1. The summed E-state index contributed by atoms with van der Waals surface area (Å²) in [6.07, 6.45) is 0. The lowest BCUT2D eigenvalue weighted by atomic mass is 9.98. The van der Waals surface area contributed by atoms with E-state index in [1.165, 1.54) is 7.11 Å². The third kappa shape index (κ3) is 1.18. The minimum Gasteiger partial charge on any atom is -0.364 e. The molecule has 0 saturated carbocycles. The minimum absolute atomic E-state index is 0.117. The Hall–Kier alpha value is -0.870. The number of carbonyl (C=O) groups excluding carboxylic acids is 1. The van der Waals surface area contributed by atoms with E-state index in [2.05, 4.69) is 21.2 Å². The number of anilines is 1. The van der Waals surface area contributed by atoms with E-state index >= 15 is 0 Å². The van der Waals surface area contributed by atoms with Gasteiger partial charge in [0.25, 0.3) is 5.91 Å². The zero-order valence-electron chi connectivity index (χ0n) is 7.93. The van der Waals surface area contributed by atoms with Crippen molar-refractivity contribution in [2.75, 3.05) is 12.4 Å². The second-order valence-corrected chi connectivity index (χ2v) is 4.30. The molecule has 1 N–H and O–H groups in total. The predicted octanol–water partition coefficient (Wildman–Crippen LogP) is 2.26. The molecule has 1 amide bonds. The Balaban J connectivity index is 2.61. The normalized spacial score (nSPS) is 24.6. The topological polar surface area (TPSA) is 38.3 Å². The second-order valence-electron chi connectivity index (χ2n) is 3.38. The lowest BCUT2D eigenvalue weighted by Crippen LogP contribution is -2.32. The molecule has 74 valence electrons. The number of hydrogen-bond acceptors (Lipinski definition) is 2. The van der Waals surface area contributed by atoms with Gasteiger partial charge >= 0.3 is 0 Å². The molecule has 1 aliphatic rings. The molecule has 4 heteroatoms. The Labute approximate surface area is 90.6 Å². The van der Waals surface area contributed by atoms with Gasteiger partial charge in [-0.3, -0.25) is 4.79 Å². The van der Waals surface area contributed by atoms with Gasteiger partial charge in [0.2, 0.25) is 0 Å². The quantitative estimate of drug-likeness (QED) is 0.836. The van der Waals surface area contributed by atoms with Crippen molar-refractivity contribution < 1.29 is 9.53 Å². The van der Waals surface area contributed by atoms with E-state index in [-0.39, 0.29) is 5.91 Å². The second kappa shape index (κ2) is 3.07. The van der Waals surface area contributed by atoms with Crippen molar-refractivity contribution in [1.29, 1.82) is 0 Å². The van der Waals surface area contributed by atoms with Crippen LogP contribution in [0.5, 0.6) is 0 Å². The highest BCUT2D eigenvalue weighted by Crippen LogP contribution is 2.39. The maximum atomic E-state index is 11.6. The van der Waals surface area contributed by atoms with Gasteiger partial charge in [-0.1, -0.05) is 15.9 Å². The Bertz CT molecular complexity index is 405. The molecule has 1 unspecified atom stereocenters. The van der Waals surface area contributed by atoms with Crippen LogP contribution in [-0.4, -0.2) is 13.0 Å². The fourth-order valence-electron chi connectivity index (χ4n) is 1.59. The summed E-state index contributed by atoms with van der Waals surface area (Å²) >= 11 is 3.37. The van der Waals surface area contributed by atoms with Crippen LogP contribution in [-0.2, 0) is 15.1 Å². The molecule has 1 aromatic carbocycles. The van der Waals surface area contributed by atoms with Gasteiger partial charge in [-0.25, -0.2) is 0 Å². The SMILES string of the molecule is COC1(C)C(=O)Nc2ccc(Br)cc21. The van der Waals surface area contributed by atoms with E-state index in [4.69, 9.17) is 4.74 Å². The van der Waals surface area contributed by atoms with Crippen molar-refractivity contribution in [3.8, 4) is 0 Å². The van der Waals surface area contributed by atoms with E-state index in [1.807, 2.05) is 18.2 Å². The van der Waals surface area contributed by atoms with Gasteiger partial charge in [0.1, 0.15) is 0 Å². The smallest absolute Gasteiger partial charge is 0.261 e. The molecule has 0 aliphatic carbocycles. The number of nitrogens with one attached hydrogen (secondary N) is 1. The van der Waals surface area contributed by atoms with Crippen LogP contribution in [0.25, 0.3) is 0 Å². The van der Waals surface area contributed by atoms with Crippen LogP contribution >= 0.6 is 15.9 Å². The molecular weight excluding hydrogens is 246 g/mol. The zero-order valence-corrected chi connectivity index (χ0v) is 9.51. The number of ether oxygens (including phenoxy) is 1. The number of halogens is 1. The molecule has 1 heterocycles. The monoisotopic (exact) mass is 255 g/mol. The van der Waals surface area contributed by atoms with Crippen molar-refractivity contribution in [3.05, 3.63) is 28.2 Å². The molecule has 0 fully saturated rings. The Morgan fingerprint density at radius 2 is 2.21 bits per heavy atom. The van der Waals surface area contributed by atoms with Gasteiger partial charge in [-0.15, -0.1) is 0 Å². The summed E-state index contributed by atoms with van der Waals surface area (Å²) < 4.78 is 6.20. The predicted molar refractivity (Wildman–Crippen MR) is 57.1 cm³/mol. The first-order valence-electron chi connectivity index (χ1n) is 4.24. The molecule has 14 heavy (non-hydrogen) atoms. The largest absolute Gasteiger partial charge is 0.364 e. The fourth-order valence-corrected chi connectivity index (χ4v) is 1.95. The van der Waals surface area contributed by atoms with Crippen molar-refractivity contribution in [2.24, 2.45) is 0 Å². The molecular formula is C10H10BrNO2. The van der Waals surface area contributed by atoms with Crippen LogP contribution in [0.15, 0.2) is 22.7 Å². The average Bonchev–Trinajstić information content (AvgIpc) is 2.41. The van der Waals surface area contributed by atoms with Crippen LogP contribution in [0, 0.1) is 0 Å². The van der Waals surface area contributed by atoms with Crippen LogP contribution in [0.3, 0.4) is 0 Å². The lowest BCUT2D eigenvalue weighted by Gasteiger charge is -2.19. The molecule has 0 aromatic heterocycles. The summed E-state index contributed by atoms with van der Waals surface area (Å²) in [7, 11) is 1.54. The van der Waals surface area contributed by atoms with Gasteiger partial charge in [-0.2, -0.15) is 0 Å². The van der Waals surface area contributed by atoms with Crippen LogP contribution in [0.1, 0.15) is 12.5 Å². The molecule has 1 atom stereocenters. The molecule has 0 saturated heterocycles. The number of methoxy groups -OCH3 is 1. The molecule has 0 radical (unpaired) electrons. The third-order valence-corrected chi connectivity index (χ3v) is 3.08. The zero-order chi connectivity index (χ0) is 10.3. The number of amides is 1. The van der Waals surface area contributed by atoms with Crippen molar-refractivity contribution in [2.45, 2.75) is 12.5 Å². The summed E-state index contributed by atoms with van der Waals surface area (Å²) in [6.45, 7) is 1.76. The van der Waals surface area contributed by atoms with E-state index in [0.717, 1.165) is 15.7 Å².